The normalized spacial score (nSPS) is 11.3. The summed E-state index contributed by atoms with van der Waals surface area (Å²) in [5, 5.41) is 14.1. The highest BCUT2D eigenvalue weighted by molar-refractivity contribution is 7.89. The van der Waals surface area contributed by atoms with E-state index in [2.05, 4.69) is 0 Å². The van der Waals surface area contributed by atoms with Crippen molar-refractivity contribution in [3.05, 3.63) is 48.0 Å². The molecule has 0 bridgehead atoms. The first-order valence-electron chi connectivity index (χ1n) is 5.71. The molecule has 0 atom stereocenters. The number of nitrogen functional groups attached to an aromatic ring is 1. The van der Waals surface area contributed by atoms with E-state index in [-0.39, 0.29) is 22.9 Å². The molecule has 106 valence electrons. The van der Waals surface area contributed by atoms with E-state index in [9.17, 15) is 8.42 Å². The van der Waals surface area contributed by atoms with E-state index in [0.717, 1.165) is 0 Å². The van der Waals surface area contributed by atoms with Crippen molar-refractivity contribution in [1.82, 2.24) is 0 Å². The number of aliphatic hydroxyl groups excluding tert-OH is 1. The Labute approximate surface area is 116 Å². The van der Waals surface area contributed by atoms with Gasteiger partial charge in [-0.05, 0) is 29.8 Å². The Morgan fingerprint density at radius 3 is 2.50 bits per heavy atom. The molecule has 0 heterocycles. The van der Waals surface area contributed by atoms with Gasteiger partial charge in [-0.3, -0.25) is 0 Å². The van der Waals surface area contributed by atoms with Gasteiger partial charge in [0.05, 0.1) is 12.3 Å². The van der Waals surface area contributed by atoms with Gasteiger partial charge in [0.25, 0.3) is 0 Å². The second kappa shape index (κ2) is 5.49. The maximum absolute atomic E-state index is 11.4. The van der Waals surface area contributed by atoms with Gasteiger partial charge in [-0.2, -0.15) is 0 Å². The van der Waals surface area contributed by atoms with Crippen molar-refractivity contribution in [3.8, 4) is 11.5 Å². The molecule has 2 aromatic carbocycles. The summed E-state index contributed by atoms with van der Waals surface area (Å²) in [6.45, 7) is -0.121. The summed E-state index contributed by atoms with van der Waals surface area (Å²) in [5.74, 6) is 0.626. The molecule has 2 rings (SSSR count). The summed E-state index contributed by atoms with van der Waals surface area (Å²) in [6, 6.07) is 11.1. The third-order valence-corrected chi connectivity index (χ3v) is 3.61. The van der Waals surface area contributed by atoms with Gasteiger partial charge in [-0.25, -0.2) is 13.6 Å². The maximum atomic E-state index is 11.4. The van der Waals surface area contributed by atoms with Gasteiger partial charge < -0.3 is 15.6 Å². The summed E-state index contributed by atoms with van der Waals surface area (Å²) >= 11 is 0. The van der Waals surface area contributed by atoms with Crippen LogP contribution in [0, 0.1) is 0 Å². The van der Waals surface area contributed by atoms with E-state index in [1.165, 1.54) is 18.2 Å². The molecule has 7 heteroatoms. The Bertz CT molecular complexity index is 729. The van der Waals surface area contributed by atoms with Crippen LogP contribution in [0.4, 0.5) is 5.69 Å². The van der Waals surface area contributed by atoms with E-state index in [1.54, 1.807) is 24.3 Å². The fraction of sp³-hybridized carbons (Fsp3) is 0.0769. The highest BCUT2D eigenvalue weighted by Crippen LogP contribution is 2.32. The Hall–Kier alpha value is -2.09. The van der Waals surface area contributed by atoms with Gasteiger partial charge in [-0.1, -0.05) is 18.2 Å². The van der Waals surface area contributed by atoms with Crippen molar-refractivity contribution in [1.29, 1.82) is 0 Å². The zero-order valence-corrected chi connectivity index (χ0v) is 11.3. The van der Waals surface area contributed by atoms with Gasteiger partial charge in [0.15, 0.2) is 5.75 Å². The molecule has 0 saturated heterocycles. The van der Waals surface area contributed by atoms with E-state index in [4.69, 9.17) is 20.7 Å². The van der Waals surface area contributed by atoms with Crippen LogP contribution in [0.25, 0.3) is 0 Å². The number of aliphatic hydroxyl groups is 1. The van der Waals surface area contributed by atoms with Crippen LogP contribution in [0.1, 0.15) is 5.56 Å². The third-order valence-electron chi connectivity index (χ3n) is 2.64. The predicted octanol–water partition coefficient (Wildman–Crippen LogP) is 1.20. The van der Waals surface area contributed by atoms with Crippen molar-refractivity contribution in [2.24, 2.45) is 5.14 Å². The average Bonchev–Trinajstić information content (AvgIpc) is 2.40. The summed E-state index contributed by atoms with van der Waals surface area (Å²) in [4.78, 5) is -0.187. The zero-order valence-electron chi connectivity index (χ0n) is 10.5. The molecule has 0 aromatic heterocycles. The first-order valence-corrected chi connectivity index (χ1v) is 7.25. The third kappa shape index (κ3) is 3.08. The first kappa shape index (κ1) is 14.3. The summed E-state index contributed by atoms with van der Waals surface area (Å²) in [7, 11) is -3.91. The minimum absolute atomic E-state index is 0.0515. The number of benzene rings is 2. The second-order valence-electron chi connectivity index (χ2n) is 4.12. The molecule has 0 amide bonds. The lowest BCUT2D eigenvalue weighted by Crippen LogP contribution is -2.14. The fourth-order valence-corrected chi connectivity index (χ4v) is 2.37. The lowest BCUT2D eigenvalue weighted by atomic mass is 10.2. The van der Waals surface area contributed by atoms with E-state index < -0.39 is 10.0 Å². The van der Waals surface area contributed by atoms with Crippen LogP contribution in [0.2, 0.25) is 0 Å². The quantitative estimate of drug-likeness (QED) is 0.733. The number of hydrogen-bond donors (Lipinski definition) is 3. The number of primary sulfonamides is 1. The van der Waals surface area contributed by atoms with Crippen molar-refractivity contribution >= 4 is 15.7 Å². The molecule has 5 N–H and O–H groups in total. The van der Waals surface area contributed by atoms with Crippen LogP contribution in [0.15, 0.2) is 47.4 Å². The maximum Gasteiger partial charge on any atom is 0.240 e. The number of ether oxygens (including phenoxy) is 1. The van der Waals surface area contributed by atoms with Gasteiger partial charge in [0, 0.05) is 0 Å². The van der Waals surface area contributed by atoms with Crippen LogP contribution in [0.5, 0.6) is 11.5 Å². The van der Waals surface area contributed by atoms with Crippen molar-refractivity contribution < 1.29 is 18.3 Å². The first-order chi connectivity index (χ1) is 9.41. The van der Waals surface area contributed by atoms with Gasteiger partial charge in [-0.15, -0.1) is 0 Å². The molecule has 0 aliphatic rings. The highest BCUT2D eigenvalue weighted by atomic mass is 32.2. The topological polar surface area (TPSA) is 116 Å². The number of hydrogen-bond acceptors (Lipinski definition) is 5. The smallest absolute Gasteiger partial charge is 0.240 e. The largest absolute Gasteiger partial charge is 0.455 e. The number of sulfonamides is 1. The molecule has 0 saturated carbocycles. The minimum Gasteiger partial charge on any atom is -0.455 e. The van der Waals surface area contributed by atoms with Crippen LogP contribution in [-0.2, 0) is 16.6 Å². The Kier molecular flexibility index (Phi) is 3.93. The molecule has 0 unspecified atom stereocenters. The molecule has 0 fully saturated rings. The lowest BCUT2D eigenvalue weighted by Gasteiger charge is -2.11. The summed E-state index contributed by atoms with van der Waals surface area (Å²) in [6.07, 6.45) is 0. The molecule has 2 aromatic rings. The number of rotatable bonds is 4. The van der Waals surface area contributed by atoms with Gasteiger partial charge in [0.2, 0.25) is 10.0 Å². The molecule has 0 aliphatic carbocycles. The SMILES string of the molecule is Nc1c(Oc2cccc(CO)c2)cccc1S(N)(=O)=O. The molecule has 0 aliphatic heterocycles. The van der Waals surface area contributed by atoms with Crippen molar-refractivity contribution in [2.75, 3.05) is 5.73 Å². The fourth-order valence-electron chi connectivity index (χ4n) is 1.70. The number of nitrogens with two attached hydrogens (primary N) is 2. The molecular formula is C13H14N2O4S. The molecule has 20 heavy (non-hydrogen) atoms. The Balaban J connectivity index is 2.39. The van der Waals surface area contributed by atoms with Crippen LogP contribution >= 0.6 is 0 Å². The summed E-state index contributed by atoms with van der Waals surface area (Å²) < 4.78 is 28.3. The van der Waals surface area contributed by atoms with Gasteiger partial charge in [0.1, 0.15) is 10.6 Å². The molecular weight excluding hydrogens is 280 g/mol. The average molecular weight is 294 g/mol. The van der Waals surface area contributed by atoms with Crippen LogP contribution in [-0.4, -0.2) is 13.5 Å². The zero-order chi connectivity index (χ0) is 14.8. The highest BCUT2D eigenvalue weighted by Gasteiger charge is 2.15. The second-order valence-corrected chi connectivity index (χ2v) is 5.65. The van der Waals surface area contributed by atoms with E-state index in [1.807, 2.05) is 0 Å². The lowest BCUT2D eigenvalue weighted by molar-refractivity contribution is 0.281. The monoisotopic (exact) mass is 294 g/mol. The standard InChI is InChI=1S/C13H14N2O4S/c14-13-11(5-2-6-12(13)20(15,17)18)19-10-4-1-3-9(7-10)8-16/h1-7,16H,8,14H2,(H2,15,17,18). The van der Waals surface area contributed by atoms with E-state index in [0.29, 0.717) is 11.3 Å². The predicted molar refractivity (Wildman–Crippen MR) is 74.7 cm³/mol. The van der Waals surface area contributed by atoms with Gasteiger partial charge >= 0.3 is 0 Å². The molecule has 0 radical (unpaired) electrons. The van der Waals surface area contributed by atoms with Crippen LogP contribution in [0.3, 0.4) is 0 Å². The number of anilines is 1. The van der Waals surface area contributed by atoms with Crippen LogP contribution < -0.4 is 15.6 Å². The molecule has 0 spiro atoms. The Morgan fingerprint density at radius 2 is 1.85 bits per heavy atom. The van der Waals surface area contributed by atoms with E-state index >= 15 is 0 Å². The van der Waals surface area contributed by atoms with Crippen molar-refractivity contribution in [3.63, 3.8) is 0 Å². The van der Waals surface area contributed by atoms with Crippen molar-refractivity contribution in [2.45, 2.75) is 11.5 Å². The molecule has 6 nitrogen and oxygen atoms in total. The minimum atomic E-state index is -3.91. The Morgan fingerprint density at radius 1 is 1.15 bits per heavy atom. The number of para-hydroxylation sites is 1. The summed E-state index contributed by atoms with van der Waals surface area (Å²) in [5.41, 5.74) is 6.37.